The molecule has 0 radical (unpaired) electrons. The standard InChI is InChI=1S/C11H9.C10H8N.2ClH.Cr/c1-2-6-10(7-3-1)11-8-4-5-9-11;1-8-6-7-9-4-2-3-5-10(9)11-8;;;/h1-3,6-9H,4H2;2-7H,1H2;2*1H;/q2*-1;;;+2. The maximum absolute atomic E-state index is 4.26. The fraction of sp³-hybridized carbons (Fsp3) is 0.0476. The average Bonchev–Trinajstić information content (AvgIpc) is 3.11. The molecule has 1 aliphatic carbocycles. The van der Waals surface area contributed by atoms with E-state index < -0.39 is 0 Å². The first-order valence-corrected chi connectivity index (χ1v) is 7.33. The first-order valence-electron chi connectivity index (χ1n) is 7.33. The van der Waals surface area contributed by atoms with Crippen LogP contribution in [-0.2, 0) is 17.4 Å². The summed E-state index contributed by atoms with van der Waals surface area (Å²) in [5, 5.41) is 1.17. The Morgan fingerprint density at radius 1 is 0.840 bits per heavy atom. The molecule has 1 aromatic heterocycles. The van der Waals surface area contributed by atoms with Crippen LogP contribution in [0, 0.1) is 13.0 Å². The Bertz CT molecular complexity index is 829. The van der Waals surface area contributed by atoms with Crippen LogP contribution in [0.2, 0.25) is 0 Å². The summed E-state index contributed by atoms with van der Waals surface area (Å²) in [5.41, 5.74) is 4.42. The van der Waals surface area contributed by atoms with Crippen molar-refractivity contribution in [3.8, 4) is 0 Å². The summed E-state index contributed by atoms with van der Waals surface area (Å²) < 4.78 is 0. The number of allylic oxidation sites excluding steroid dienone is 4. The van der Waals surface area contributed by atoms with Gasteiger partial charge in [-0.05, 0) is 11.5 Å². The van der Waals surface area contributed by atoms with Crippen LogP contribution in [0.3, 0.4) is 0 Å². The molecule has 1 heterocycles. The predicted octanol–water partition coefficient (Wildman–Crippen LogP) is 6.09. The summed E-state index contributed by atoms with van der Waals surface area (Å²) in [5.74, 6) is 0. The molecule has 0 amide bonds. The van der Waals surface area contributed by atoms with E-state index in [4.69, 9.17) is 0 Å². The molecule has 0 saturated heterocycles. The van der Waals surface area contributed by atoms with Gasteiger partial charge in [-0.3, -0.25) is 11.1 Å². The molecular weight excluding hydrogens is 389 g/mol. The molecule has 0 unspecified atom stereocenters. The maximum atomic E-state index is 4.26. The molecule has 25 heavy (non-hydrogen) atoms. The Morgan fingerprint density at radius 3 is 2.20 bits per heavy atom. The molecule has 0 fully saturated rings. The van der Waals surface area contributed by atoms with E-state index in [0.717, 1.165) is 17.6 Å². The van der Waals surface area contributed by atoms with Crippen molar-refractivity contribution >= 4 is 41.3 Å². The topological polar surface area (TPSA) is 12.9 Å². The van der Waals surface area contributed by atoms with Crippen molar-refractivity contribution in [1.29, 1.82) is 0 Å². The van der Waals surface area contributed by atoms with E-state index in [1.807, 2.05) is 42.5 Å². The first-order chi connectivity index (χ1) is 10.8. The minimum atomic E-state index is 0. The summed E-state index contributed by atoms with van der Waals surface area (Å²) in [4.78, 5) is 4.26. The van der Waals surface area contributed by atoms with E-state index in [-0.39, 0.29) is 42.2 Å². The molecule has 0 aliphatic heterocycles. The van der Waals surface area contributed by atoms with Gasteiger partial charge in [0.05, 0.1) is 5.52 Å². The molecule has 128 valence electrons. The van der Waals surface area contributed by atoms with Gasteiger partial charge in [0, 0.05) is 0 Å². The molecule has 0 spiro atoms. The molecule has 0 saturated carbocycles. The van der Waals surface area contributed by atoms with Crippen molar-refractivity contribution in [2.75, 3.05) is 0 Å². The van der Waals surface area contributed by atoms with Gasteiger partial charge >= 0.3 is 17.4 Å². The third-order valence-corrected chi connectivity index (χ3v) is 3.46. The van der Waals surface area contributed by atoms with Crippen LogP contribution in [0.15, 0.2) is 78.9 Å². The zero-order valence-corrected chi connectivity index (χ0v) is 16.5. The van der Waals surface area contributed by atoms with E-state index >= 15 is 0 Å². The summed E-state index contributed by atoms with van der Waals surface area (Å²) in [7, 11) is 0. The van der Waals surface area contributed by atoms with Crippen LogP contribution in [-0.4, -0.2) is 4.98 Å². The molecule has 0 atom stereocenters. The van der Waals surface area contributed by atoms with Crippen molar-refractivity contribution in [2.45, 2.75) is 6.42 Å². The third-order valence-electron chi connectivity index (χ3n) is 3.46. The smallest absolute Gasteiger partial charge is 0.287 e. The summed E-state index contributed by atoms with van der Waals surface area (Å²) in [6.45, 7) is 3.76. The summed E-state index contributed by atoms with van der Waals surface area (Å²) >= 11 is 0. The Morgan fingerprint density at radius 2 is 1.52 bits per heavy atom. The minimum absolute atomic E-state index is 0. The van der Waals surface area contributed by atoms with Crippen molar-refractivity contribution in [1.82, 2.24) is 4.98 Å². The van der Waals surface area contributed by atoms with Crippen LogP contribution in [0.4, 0.5) is 0 Å². The Hall–Kier alpha value is -1.69. The van der Waals surface area contributed by atoms with Crippen LogP contribution in [0.1, 0.15) is 17.7 Å². The second kappa shape index (κ2) is 11.8. The second-order valence-electron chi connectivity index (χ2n) is 5.07. The fourth-order valence-electron chi connectivity index (χ4n) is 2.34. The Labute approximate surface area is 172 Å². The van der Waals surface area contributed by atoms with E-state index in [1.54, 1.807) is 0 Å². The number of halogens is 2. The number of rotatable bonds is 1. The SMILES string of the molecule is Cl.Cl.[C-]1=CC(c2ccccc2)=CC1.[CH2-]c1ccc2ccccc2n1.[Cr+2]. The van der Waals surface area contributed by atoms with Crippen LogP contribution >= 0.6 is 24.8 Å². The van der Waals surface area contributed by atoms with Gasteiger partial charge in [0.2, 0.25) is 0 Å². The van der Waals surface area contributed by atoms with Gasteiger partial charge in [0.15, 0.2) is 0 Å². The zero-order chi connectivity index (χ0) is 15.2. The zero-order valence-electron chi connectivity index (χ0n) is 13.6. The number of pyridine rings is 1. The number of nitrogens with zero attached hydrogens (tertiary/aromatic N) is 1. The number of benzene rings is 2. The molecule has 0 bridgehead atoms. The number of hydrogen-bond acceptors (Lipinski definition) is 1. The van der Waals surface area contributed by atoms with Crippen molar-refractivity contribution < 1.29 is 17.4 Å². The second-order valence-corrected chi connectivity index (χ2v) is 5.07. The molecule has 4 heteroatoms. The molecule has 1 aliphatic rings. The molecule has 4 rings (SSSR count). The van der Waals surface area contributed by atoms with E-state index in [1.165, 1.54) is 16.5 Å². The van der Waals surface area contributed by atoms with Crippen LogP contribution in [0.5, 0.6) is 0 Å². The Balaban J connectivity index is 0.000000411. The quantitative estimate of drug-likeness (QED) is 0.444. The van der Waals surface area contributed by atoms with Gasteiger partial charge in [-0.1, -0.05) is 48.5 Å². The van der Waals surface area contributed by atoms with Gasteiger partial charge in [-0.25, -0.2) is 13.0 Å². The minimum Gasteiger partial charge on any atom is -0.287 e. The van der Waals surface area contributed by atoms with Gasteiger partial charge < -0.3 is 0 Å². The van der Waals surface area contributed by atoms with E-state index in [2.05, 4.69) is 54.4 Å². The van der Waals surface area contributed by atoms with Crippen LogP contribution in [0.25, 0.3) is 16.5 Å². The van der Waals surface area contributed by atoms with Crippen molar-refractivity contribution in [3.05, 3.63) is 103 Å². The van der Waals surface area contributed by atoms with Crippen molar-refractivity contribution in [2.24, 2.45) is 0 Å². The molecule has 3 aromatic rings. The fourth-order valence-corrected chi connectivity index (χ4v) is 2.34. The van der Waals surface area contributed by atoms with Crippen LogP contribution < -0.4 is 0 Å². The number of aromatic nitrogens is 1. The van der Waals surface area contributed by atoms with Gasteiger partial charge in [-0.15, -0.1) is 48.6 Å². The average molecular weight is 408 g/mol. The molecule has 2 aromatic carbocycles. The number of fused-ring (bicyclic) bond motifs is 1. The first kappa shape index (κ1) is 23.3. The maximum Gasteiger partial charge on any atom is 2.00 e. The monoisotopic (exact) mass is 407 g/mol. The van der Waals surface area contributed by atoms with Gasteiger partial charge in [0.1, 0.15) is 0 Å². The molecule has 1 nitrogen and oxygen atoms in total. The number of para-hydroxylation sites is 1. The Kier molecular flexibility index (Phi) is 11.0. The number of hydrogen-bond donors (Lipinski definition) is 0. The largest absolute Gasteiger partial charge is 2.00 e. The van der Waals surface area contributed by atoms with E-state index in [0.29, 0.717) is 0 Å². The molecule has 0 N–H and O–H groups in total. The van der Waals surface area contributed by atoms with Gasteiger partial charge in [-0.2, -0.15) is 17.7 Å². The van der Waals surface area contributed by atoms with Crippen molar-refractivity contribution in [3.63, 3.8) is 0 Å². The summed E-state index contributed by atoms with van der Waals surface area (Å²) in [6, 6.07) is 22.4. The normalized spacial score (nSPS) is 11.1. The third kappa shape index (κ3) is 6.61. The molecular formula is C21H19Cl2CrN. The summed E-state index contributed by atoms with van der Waals surface area (Å²) in [6.07, 6.45) is 8.36. The predicted molar refractivity (Wildman–Crippen MR) is 108 cm³/mol. The van der Waals surface area contributed by atoms with E-state index in [9.17, 15) is 0 Å². The van der Waals surface area contributed by atoms with Gasteiger partial charge in [0.25, 0.3) is 0 Å².